The minimum Gasteiger partial charge on any atom is -0.340 e. The second-order valence-electron chi connectivity index (χ2n) is 5.32. The average molecular weight is 384 g/mol. The summed E-state index contributed by atoms with van der Waals surface area (Å²) in [6.45, 7) is 0. The first kappa shape index (κ1) is 18.5. The highest BCUT2D eigenvalue weighted by Crippen LogP contribution is 2.31. The zero-order chi connectivity index (χ0) is 19.6. The number of alkyl halides is 3. The second-order valence-corrected chi connectivity index (χ2v) is 5.32. The van der Waals surface area contributed by atoms with Gasteiger partial charge >= 0.3 is 6.18 Å². The molecule has 2 N–H and O–H groups in total. The van der Waals surface area contributed by atoms with E-state index >= 15 is 0 Å². The van der Waals surface area contributed by atoms with Gasteiger partial charge in [-0.15, -0.1) is 0 Å². The van der Waals surface area contributed by atoms with Crippen molar-refractivity contribution < 1.29 is 26.3 Å². The molecule has 0 aliphatic heterocycles. The summed E-state index contributed by atoms with van der Waals surface area (Å²) in [5, 5.41) is 5.04. The van der Waals surface area contributed by atoms with Crippen LogP contribution in [0, 0.1) is 17.5 Å². The largest absolute Gasteiger partial charge is 0.416 e. The van der Waals surface area contributed by atoms with Crippen LogP contribution in [0.4, 0.5) is 49.5 Å². The van der Waals surface area contributed by atoms with E-state index in [9.17, 15) is 26.3 Å². The third-order valence-electron chi connectivity index (χ3n) is 3.40. The van der Waals surface area contributed by atoms with Crippen LogP contribution in [0.2, 0.25) is 0 Å². The summed E-state index contributed by atoms with van der Waals surface area (Å²) in [6, 6.07) is 7.50. The number of halogens is 6. The Balaban J connectivity index is 1.82. The molecule has 2 aromatic carbocycles. The minimum absolute atomic E-state index is 0.106. The molecule has 0 aliphatic carbocycles. The van der Waals surface area contributed by atoms with Crippen molar-refractivity contribution in [3.05, 3.63) is 71.7 Å². The minimum atomic E-state index is -4.50. The fraction of sp³-hybridized carbons (Fsp3) is 0.0588. The fourth-order valence-electron chi connectivity index (χ4n) is 2.15. The van der Waals surface area contributed by atoms with Gasteiger partial charge in [-0.2, -0.15) is 18.2 Å². The summed E-state index contributed by atoms with van der Waals surface area (Å²) >= 11 is 0. The molecule has 0 saturated heterocycles. The van der Waals surface area contributed by atoms with E-state index in [0.29, 0.717) is 0 Å². The SMILES string of the molecule is Fc1ccc(Nc2nccc(Nc3cccc(C(F)(F)F)c3)n2)c(F)c1F. The van der Waals surface area contributed by atoms with Gasteiger partial charge in [-0.25, -0.2) is 18.2 Å². The molecular formula is C17H10F6N4. The smallest absolute Gasteiger partial charge is 0.340 e. The summed E-state index contributed by atoms with van der Waals surface area (Å²) in [7, 11) is 0. The highest BCUT2D eigenvalue weighted by molar-refractivity contribution is 5.60. The van der Waals surface area contributed by atoms with E-state index < -0.39 is 34.9 Å². The van der Waals surface area contributed by atoms with Gasteiger partial charge in [-0.05, 0) is 36.4 Å². The van der Waals surface area contributed by atoms with Crippen molar-refractivity contribution >= 4 is 23.1 Å². The molecule has 27 heavy (non-hydrogen) atoms. The Bertz CT molecular complexity index is 974. The normalized spacial score (nSPS) is 11.3. The van der Waals surface area contributed by atoms with Gasteiger partial charge < -0.3 is 10.6 Å². The van der Waals surface area contributed by atoms with Gasteiger partial charge in [0.25, 0.3) is 0 Å². The summed E-state index contributed by atoms with van der Waals surface area (Å²) in [6.07, 6.45) is -3.25. The van der Waals surface area contributed by atoms with Crippen molar-refractivity contribution in [2.75, 3.05) is 10.6 Å². The van der Waals surface area contributed by atoms with Crippen molar-refractivity contribution in [3.63, 3.8) is 0 Å². The van der Waals surface area contributed by atoms with Crippen molar-refractivity contribution in [2.45, 2.75) is 6.18 Å². The maximum Gasteiger partial charge on any atom is 0.416 e. The zero-order valence-electron chi connectivity index (χ0n) is 13.3. The van der Waals surface area contributed by atoms with Crippen LogP contribution in [0.3, 0.4) is 0 Å². The molecule has 0 radical (unpaired) electrons. The lowest BCUT2D eigenvalue weighted by atomic mass is 10.2. The number of benzene rings is 2. The quantitative estimate of drug-likeness (QED) is 0.467. The second kappa shape index (κ2) is 7.14. The van der Waals surface area contributed by atoms with Crippen LogP contribution in [-0.4, -0.2) is 9.97 Å². The lowest BCUT2D eigenvalue weighted by Crippen LogP contribution is -2.06. The maximum atomic E-state index is 13.7. The molecule has 10 heteroatoms. The molecule has 1 aromatic heterocycles. The number of nitrogens with zero attached hydrogens (tertiary/aromatic N) is 2. The Kier molecular flexibility index (Phi) is 4.89. The summed E-state index contributed by atoms with van der Waals surface area (Å²) < 4.78 is 78.2. The van der Waals surface area contributed by atoms with Crippen LogP contribution in [0.5, 0.6) is 0 Å². The van der Waals surface area contributed by atoms with Gasteiger partial charge in [-0.1, -0.05) is 6.07 Å². The zero-order valence-corrected chi connectivity index (χ0v) is 13.3. The van der Waals surface area contributed by atoms with E-state index in [0.717, 1.165) is 24.3 Å². The van der Waals surface area contributed by atoms with E-state index in [1.165, 1.54) is 24.4 Å². The van der Waals surface area contributed by atoms with E-state index in [1.54, 1.807) is 0 Å². The third kappa shape index (κ3) is 4.27. The lowest BCUT2D eigenvalue weighted by molar-refractivity contribution is -0.137. The Morgan fingerprint density at radius 2 is 1.63 bits per heavy atom. The van der Waals surface area contributed by atoms with Gasteiger partial charge in [0.1, 0.15) is 5.82 Å². The first-order valence-corrected chi connectivity index (χ1v) is 7.42. The molecule has 0 atom stereocenters. The molecule has 4 nitrogen and oxygen atoms in total. The van der Waals surface area contributed by atoms with Gasteiger partial charge in [0.2, 0.25) is 5.95 Å². The molecule has 0 spiro atoms. The van der Waals surface area contributed by atoms with Crippen LogP contribution in [0.15, 0.2) is 48.7 Å². The fourth-order valence-corrected chi connectivity index (χ4v) is 2.15. The number of hydrogen-bond donors (Lipinski definition) is 2. The van der Waals surface area contributed by atoms with Gasteiger partial charge in [-0.3, -0.25) is 0 Å². The molecule has 0 amide bonds. The molecule has 0 bridgehead atoms. The van der Waals surface area contributed by atoms with Crippen molar-refractivity contribution in [2.24, 2.45) is 0 Å². The van der Waals surface area contributed by atoms with E-state index in [1.807, 2.05) is 0 Å². The molecule has 0 unspecified atom stereocenters. The van der Waals surface area contributed by atoms with E-state index in [-0.39, 0.29) is 17.5 Å². The Hall–Kier alpha value is -3.30. The highest BCUT2D eigenvalue weighted by Gasteiger charge is 2.30. The molecule has 1 heterocycles. The summed E-state index contributed by atoms with van der Waals surface area (Å²) in [5.41, 5.74) is -1.12. The standard InChI is InChI=1S/C17H10F6N4/c18-11-4-5-12(15(20)14(11)19)26-16-24-7-6-13(27-16)25-10-3-1-2-9(8-10)17(21,22)23/h1-8H,(H2,24,25,26,27). The van der Waals surface area contributed by atoms with Crippen LogP contribution < -0.4 is 10.6 Å². The van der Waals surface area contributed by atoms with Crippen molar-refractivity contribution in [1.29, 1.82) is 0 Å². The first-order valence-electron chi connectivity index (χ1n) is 7.42. The van der Waals surface area contributed by atoms with Gasteiger partial charge in [0.05, 0.1) is 11.3 Å². The Labute approximate surface area is 148 Å². The molecule has 0 saturated carbocycles. The van der Waals surface area contributed by atoms with Crippen molar-refractivity contribution in [1.82, 2.24) is 9.97 Å². The molecule has 3 rings (SSSR count). The van der Waals surface area contributed by atoms with Crippen LogP contribution in [0.1, 0.15) is 5.56 Å². The van der Waals surface area contributed by atoms with Crippen LogP contribution >= 0.6 is 0 Å². The van der Waals surface area contributed by atoms with Crippen LogP contribution in [0.25, 0.3) is 0 Å². The van der Waals surface area contributed by atoms with Gasteiger partial charge in [0, 0.05) is 11.9 Å². The van der Waals surface area contributed by atoms with Gasteiger partial charge in [0.15, 0.2) is 17.5 Å². The molecule has 140 valence electrons. The monoisotopic (exact) mass is 384 g/mol. The third-order valence-corrected chi connectivity index (χ3v) is 3.40. The number of nitrogens with one attached hydrogen (secondary N) is 2. The highest BCUT2D eigenvalue weighted by atomic mass is 19.4. The number of rotatable bonds is 4. The molecular weight excluding hydrogens is 374 g/mol. The topological polar surface area (TPSA) is 49.8 Å². The molecule has 0 aliphatic rings. The number of anilines is 4. The molecule has 3 aromatic rings. The predicted molar refractivity (Wildman–Crippen MR) is 86.4 cm³/mol. The van der Waals surface area contributed by atoms with E-state index in [4.69, 9.17) is 0 Å². The number of hydrogen-bond acceptors (Lipinski definition) is 4. The average Bonchev–Trinajstić information content (AvgIpc) is 2.62. The first-order chi connectivity index (χ1) is 12.7. The predicted octanol–water partition coefficient (Wildman–Crippen LogP) is 5.40. The lowest BCUT2D eigenvalue weighted by Gasteiger charge is -2.11. The summed E-state index contributed by atoms with van der Waals surface area (Å²) in [4.78, 5) is 7.75. The van der Waals surface area contributed by atoms with Crippen molar-refractivity contribution in [3.8, 4) is 0 Å². The Morgan fingerprint density at radius 3 is 2.37 bits per heavy atom. The Morgan fingerprint density at radius 1 is 0.852 bits per heavy atom. The van der Waals surface area contributed by atoms with Crippen LogP contribution in [-0.2, 0) is 6.18 Å². The molecule has 0 fully saturated rings. The maximum absolute atomic E-state index is 13.7. The van der Waals surface area contributed by atoms with E-state index in [2.05, 4.69) is 20.6 Å². The number of aromatic nitrogens is 2. The summed E-state index contributed by atoms with van der Waals surface area (Å²) in [5.74, 6) is -4.52.